The SMILES string of the molecule is C=C1c2ccc(Cl)cc2CCc2cc(C(C)(C)C)cnc21. The molecular weight excluding hydrogens is 278 g/mol. The van der Waals surface area contributed by atoms with Crippen LogP contribution in [0.1, 0.15) is 48.7 Å². The first-order valence-electron chi connectivity index (χ1n) is 7.34. The van der Waals surface area contributed by atoms with Crippen LogP contribution in [-0.4, -0.2) is 4.98 Å². The fraction of sp³-hybridized carbons (Fsp3) is 0.316. The molecule has 2 aromatic rings. The third-order valence-electron chi connectivity index (χ3n) is 4.17. The van der Waals surface area contributed by atoms with Crippen LogP contribution in [0.2, 0.25) is 5.02 Å². The Balaban J connectivity index is 2.11. The summed E-state index contributed by atoms with van der Waals surface area (Å²) in [5, 5.41) is 0.788. The number of hydrogen-bond donors (Lipinski definition) is 0. The van der Waals surface area contributed by atoms with Crippen molar-refractivity contribution in [3.8, 4) is 0 Å². The van der Waals surface area contributed by atoms with Crippen LogP contribution in [0, 0.1) is 0 Å². The zero-order chi connectivity index (χ0) is 15.2. The number of aryl methyl sites for hydroxylation is 2. The number of hydrogen-bond acceptors (Lipinski definition) is 1. The monoisotopic (exact) mass is 297 g/mol. The maximum atomic E-state index is 6.13. The number of aromatic nitrogens is 1. The highest BCUT2D eigenvalue weighted by Crippen LogP contribution is 2.34. The topological polar surface area (TPSA) is 12.9 Å². The molecule has 1 aromatic carbocycles. The lowest BCUT2D eigenvalue weighted by Crippen LogP contribution is -2.13. The molecule has 1 aliphatic rings. The average molecular weight is 298 g/mol. The van der Waals surface area contributed by atoms with E-state index >= 15 is 0 Å². The summed E-state index contributed by atoms with van der Waals surface area (Å²) in [6.45, 7) is 10.9. The fourth-order valence-electron chi connectivity index (χ4n) is 2.84. The van der Waals surface area contributed by atoms with Gasteiger partial charge in [-0.15, -0.1) is 0 Å². The van der Waals surface area contributed by atoms with Gasteiger partial charge in [0.1, 0.15) is 0 Å². The van der Waals surface area contributed by atoms with Gasteiger partial charge in [0.25, 0.3) is 0 Å². The van der Waals surface area contributed by atoms with Gasteiger partial charge in [0.2, 0.25) is 0 Å². The van der Waals surface area contributed by atoms with Gasteiger partial charge in [0, 0.05) is 16.8 Å². The zero-order valence-electron chi connectivity index (χ0n) is 12.8. The van der Waals surface area contributed by atoms with Gasteiger partial charge in [-0.3, -0.25) is 4.98 Å². The quantitative estimate of drug-likeness (QED) is 0.652. The lowest BCUT2D eigenvalue weighted by molar-refractivity contribution is 0.586. The maximum absolute atomic E-state index is 6.13. The number of pyridine rings is 1. The first kappa shape index (κ1) is 14.3. The zero-order valence-corrected chi connectivity index (χ0v) is 13.6. The Morgan fingerprint density at radius 1 is 1.10 bits per heavy atom. The summed E-state index contributed by atoms with van der Waals surface area (Å²) in [4.78, 5) is 4.72. The summed E-state index contributed by atoms with van der Waals surface area (Å²) in [7, 11) is 0. The van der Waals surface area contributed by atoms with Crippen molar-refractivity contribution >= 4 is 17.2 Å². The van der Waals surface area contributed by atoms with Crippen molar-refractivity contribution in [3.63, 3.8) is 0 Å². The van der Waals surface area contributed by atoms with E-state index in [1.54, 1.807) is 0 Å². The summed E-state index contributed by atoms with van der Waals surface area (Å²) < 4.78 is 0. The van der Waals surface area contributed by atoms with Crippen molar-refractivity contribution in [2.45, 2.75) is 39.0 Å². The molecule has 0 amide bonds. The molecule has 1 aromatic heterocycles. The highest BCUT2D eigenvalue weighted by Gasteiger charge is 2.21. The third-order valence-corrected chi connectivity index (χ3v) is 4.41. The molecule has 1 heterocycles. The fourth-order valence-corrected chi connectivity index (χ4v) is 3.04. The van der Waals surface area contributed by atoms with Gasteiger partial charge in [-0.25, -0.2) is 0 Å². The smallest absolute Gasteiger partial charge is 0.0734 e. The van der Waals surface area contributed by atoms with Crippen LogP contribution in [0.3, 0.4) is 0 Å². The van der Waals surface area contributed by atoms with Crippen LogP contribution in [-0.2, 0) is 18.3 Å². The minimum Gasteiger partial charge on any atom is -0.256 e. The van der Waals surface area contributed by atoms with Gasteiger partial charge >= 0.3 is 0 Å². The van der Waals surface area contributed by atoms with Gasteiger partial charge < -0.3 is 0 Å². The lowest BCUT2D eigenvalue weighted by atomic mass is 9.86. The Morgan fingerprint density at radius 2 is 1.81 bits per heavy atom. The summed E-state index contributed by atoms with van der Waals surface area (Å²) in [6.07, 6.45) is 3.96. The molecule has 0 atom stereocenters. The van der Waals surface area contributed by atoms with E-state index in [0.29, 0.717) is 0 Å². The Morgan fingerprint density at radius 3 is 2.52 bits per heavy atom. The Bertz CT molecular complexity index is 723. The van der Waals surface area contributed by atoms with Crippen LogP contribution < -0.4 is 0 Å². The molecule has 21 heavy (non-hydrogen) atoms. The summed E-state index contributed by atoms with van der Waals surface area (Å²) in [5.41, 5.74) is 7.17. The van der Waals surface area contributed by atoms with E-state index in [9.17, 15) is 0 Å². The minimum absolute atomic E-state index is 0.117. The number of halogens is 1. The molecule has 0 radical (unpaired) electrons. The first-order valence-corrected chi connectivity index (χ1v) is 7.71. The second kappa shape index (κ2) is 4.99. The van der Waals surface area contributed by atoms with E-state index in [0.717, 1.165) is 29.1 Å². The van der Waals surface area contributed by atoms with Crippen molar-refractivity contribution in [2.75, 3.05) is 0 Å². The molecule has 1 nitrogen and oxygen atoms in total. The Hall–Kier alpha value is -1.60. The Labute approximate surface area is 131 Å². The van der Waals surface area contributed by atoms with Gasteiger partial charge in [0.05, 0.1) is 5.69 Å². The molecule has 0 bridgehead atoms. The maximum Gasteiger partial charge on any atom is 0.0734 e. The normalized spacial score (nSPS) is 14.4. The largest absolute Gasteiger partial charge is 0.256 e. The van der Waals surface area contributed by atoms with E-state index in [2.05, 4.69) is 45.5 Å². The minimum atomic E-state index is 0.117. The first-order chi connectivity index (χ1) is 9.86. The second-order valence-corrected chi connectivity index (χ2v) is 7.20. The van der Waals surface area contributed by atoms with Crippen LogP contribution in [0.15, 0.2) is 37.0 Å². The number of benzene rings is 1. The predicted octanol–water partition coefficient (Wildman–Crippen LogP) is 5.19. The highest BCUT2D eigenvalue weighted by atomic mass is 35.5. The number of nitrogens with zero attached hydrogens (tertiary/aromatic N) is 1. The summed E-state index contributed by atoms with van der Waals surface area (Å²) in [6, 6.07) is 8.34. The highest BCUT2D eigenvalue weighted by molar-refractivity contribution is 6.30. The van der Waals surface area contributed by atoms with Gasteiger partial charge in [-0.2, -0.15) is 0 Å². The number of rotatable bonds is 0. The van der Waals surface area contributed by atoms with Crippen LogP contribution in [0.5, 0.6) is 0 Å². The summed E-state index contributed by atoms with van der Waals surface area (Å²) >= 11 is 6.13. The second-order valence-electron chi connectivity index (χ2n) is 6.76. The Kier molecular flexibility index (Phi) is 3.41. The standard InChI is InChI=1S/C19H20ClN/c1-12-17-8-7-16(20)10-13(17)5-6-14-9-15(19(2,3)4)11-21-18(12)14/h7-11H,1,5-6H2,2-4H3. The van der Waals surface area contributed by atoms with Gasteiger partial charge in [-0.1, -0.05) is 51.1 Å². The van der Waals surface area contributed by atoms with Crippen molar-refractivity contribution in [2.24, 2.45) is 0 Å². The van der Waals surface area contributed by atoms with E-state index in [1.165, 1.54) is 22.3 Å². The van der Waals surface area contributed by atoms with E-state index in [-0.39, 0.29) is 5.41 Å². The van der Waals surface area contributed by atoms with E-state index in [1.807, 2.05) is 12.3 Å². The molecule has 0 saturated carbocycles. The third kappa shape index (κ3) is 2.63. The molecule has 0 fully saturated rings. The van der Waals surface area contributed by atoms with E-state index in [4.69, 9.17) is 16.6 Å². The molecule has 2 heteroatoms. The van der Waals surface area contributed by atoms with Gasteiger partial charge in [0.15, 0.2) is 0 Å². The van der Waals surface area contributed by atoms with E-state index < -0.39 is 0 Å². The molecule has 0 N–H and O–H groups in total. The average Bonchev–Trinajstić information content (AvgIpc) is 2.55. The molecule has 3 rings (SSSR count). The lowest BCUT2D eigenvalue weighted by Gasteiger charge is -2.20. The van der Waals surface area contributed by atoms with Crippen molar-refractivity contribution in [1.29, 1.82) is 0 Å². The molecule has 0 unspecified atom stereocenters. The van der Waals surface area contributed by atoms with Crippen molar-refractivity contribution in [1.82, 2.24) is 4.98 Å². The molecule has 1 aliphatic carbocycles. The molecule has 0 spiro atoms. The van der Waals surface area contributed by atoms with Crippen LogP contribution in [0.25, 0.3) is 5.57 Å². The molecular formula is C19H20ClN. The van der Waals surface area contributed by atoms with Crippen molar-refractivity contribution in [3.05, 3.63) is 70.0 Å². The van der Waals surface area contributed by atoms with Crippen LogP contribution in [0.4, 0.5) is 0 Å². The van der Waals surface area contributed by atoms with Crippen LogP contribution >= 0.6 is 11.6 Å². The molecule has 0 saturated heterocycles. The molecule has 108 valence electrons. The molecule has 0 aliphatic heterocycles. The van der Waals surface area contributed by atoms with Gasteiger partial charge in [-0.05, 0) is 52.6 Å². The predicted molar refractivity (Wildman–Crippen MR) is 89.9 cm³/mol. The van der Waals surface area contributed by atoms with Crippen molar-refractivity contribution < 1.29 is 0 Å². The number of fused-ring (bicyclic) bond motifs is 2. The summed E-state index contributed by atoms with van der Waals surface area (Å²) in [5.74, 6) is 0.